The predicted molar refractivity (Wildman–Crippen MR) is 161 cm³/mol. The lowest BCUT2D eigenvalue weighted by molar-refractivity contribution is 0.0997. The zero-order valence-corrected chi connectivity index (χ0v) is 25.8. The fourth-order valence-electron chi connectivity index (χ4n) is 6.90. The number of urea groups is 1. The van der Waals surface area contributed by atoms with E-state index < -0.39 is 27.0 Å². The number of nitrogens with one attached hydrogen (secondary N) is 3. The smallest absolute Gasteiger partial charge is 0.315 e. The highest BCUT2D eigenvalue weighted by molar-refractivity contribution is 7.91. The molecular formula is C30H43FN6O4S. The van der Waals surface area contributed by atoms with Crippen LogP contribution in [0.1, 0.15) is 73.3 Å². The third-order valence-electron chi connectivity index (χ3n) is 8.65. The van der Waals surface area contributed by atoms with Crippen molar-refractivity contribution in [3.05, 3.63) is 40.5 Å². The van der Waals surface area contributed by atoms with Gasteiger partial charge in [0, 0.05) is 36.6 Å². The highest BCUT2D eigenvalue weighted by atomic mass is 32.2. The van der Waals surface area contributed by atoms with Crippen LogP contribution in [0.3, 0.4) is 0 Å². The topological polar surface area (TPSA) is 139 Å². The van der Waals surface area contributed by atoms with Crippen LogP contribution in [-0.4, -0.2) is 74.8 Å². The molecule has 5 N–H and O–H groups in total. The van der Waals surface area contributed by atoms with Gasteiger partial charge in [-0.05, 0) is 88.6 Å². The fraction of sp³-hybridized carbons (Fsp3) is 0.600. The number of nitrogens with zero attached hydrogens (tertiary/aromatic N) is 2. The first-order valence-corrected chi connectivity index (χ1v) is 16.5. The molecule has 0 bridgehead atoms. The van der Waals surface area contributed by atoms with E-state index in [1.54, 1.807) is 6.07 Å². The summed E-state index contributed by atoms with van der Waals surface area (Å²) >= 11 is 0. The van der Waals surface area contributed by atoms with Gasteiger partial charge in [0.15, 0.2) is 9.84 Å². The van der Waals surface area contributed by atoms with Crippen LogP contribution in [0.4, 0.5) is 14.9 Å². The molecule has 2 heterocycles. The van der Waals surface area contributed by atoms with Crippen molar-refractivity contribution in [2.24, 2.45) is 11.1 Å². The molecule has 2 aliphatic carbocycles. The number of fused-ring (bicyclic) bond motifs is 3. The van der Waals surface area contributed by atoms with Crippen LogP contribution >= 0.6 is 0 Å². The molecule has 1 aliphatic heterocycles. The molecule has 2 aromatic rings. The second-order valence-electron chi connectivity index (χ2n) is 13.1. The van der Waals surface area contributed by atoms with Gasteiger partial charge in [-0.2, -0.15) is 0 Å². The Hall–Kier alpha value is -3.12. The summed E-state index contributed by atoms with van der Waals surface area (Å²) in [5, 5.41) is 9.26. The van der Waals surface area contributed by atoms with Gasteiger partial charge in [0.25, 0.3) is 5.91 Å². The van der Waals surface area contributed by atoms with Gasteiger partial charge in [0.2, 0.25) is 0 Å². The minimum Gasteiger partial charge on any atom is -0.382 e. The predicted octanol–water partition coefficient (Wildman–Crippen LogP) is 3.14. The Labute approximate surface area is 247 Å². The molecule has 230 valence electrons. The van der Waals surface area contributed by atoms with Crippen molar-refractivity contribution in [2.75, 3.05) is 38.3 Å². The first-order chi connectivity index (χ1) is 19.8. The summed E-state index contributed by atoms with van der Waals surface area (Å²) in [6, 6.07) is 2.83. The molecule has 10 nitrogen and oxygen atoms in total. The number of benzene rings is 1. The van der Waals surface area contributed by atoms with E-state index in [1.807, 2.05) is 37.4 Å². The van der Waals surface area contributed by atoms with Crippen molar-refractivity contribution in [2.45, 2.75) is 82.2 Å². The van der Waals surface area contributed by atoms with Crippen LogP contribution in [0.25, 0.3) is 5.69 Å². The minimum absolute atomic E-state index is 0.0281. The van der Waals surface area contributed by atoms with E-state index in [0.717, 1.165) is 37.1 Å². The normalized spacial score (nSPS) is 22.3. The summed E-state index contributed by atoms with van der Waals surface area (Å²) in [7, 11) is 0.404. The molecule has 0 atom stereocenters. The van der Waals surface area contributed by atoms with E-state index in [-0.39, 0.29) is 29.4 Å². The lowest BCUT2D eigenvalue weighted by Crippen LogP contribution is -2.46. The van der Waals surface area contributed by atoms with E-state index in [1.165, 1.54) is 6.07 Å². The van der Waals surface area contributed by atoms with Crippen molar-refractivity contribution < 1.29 is 22.4 Å². The van der Waals surface area contributed by atoms with Gasteiger partial charge in [0.05, 0.1) is 27.6 Å². The Morgan fingerprint density at radius 1 is 1.10 bits per heavy atom. The molecule has 3 amide bonds. The summed E-state index contributed by atoms with van der Waals surface area (Å²) in [6.07, 6.45) is 5.69. The van der Waals surface area contributed by atoms with Crippen molar-refractivity contribution in [1.29, 1.82) is 0 Å². The van der Waals surface area contributed by atoms with Crippen molar-refractivity contribution in [1.82, 2.24) is 20.1 Å². The molecule has 0 saturated heterocycles. The second kappa shape index (κ2) is 11.5. The van der Waals surface area contributed by atoms with Gasteiger partial charge >= 0.3 is 6.03 Å². The highest BCUT2D eigenvalue weighted by Gasteiger charge is 2.42. The maximum atomic E-state index is 15.6. The quantitative estimate of drug-likeness (QED) is 0.366. The molecule has 1 aromatic carbocycles. The van der Waals surface area contributed by atoms with E-state index >= 15 is 4.39 Å². The summed E-state index contributed by atoms with van der Waals surface area (Å²) in [5.41, 5.74) is 8.24. The number of hydrogen-bond donors (Lipinski definition) is 4. The third-order valence-corrected chi connectivity index (χ3v) is 10.9. The van der Waals surface area contributed by atoms with Crippen LogP contribution in [0.5, 0.6) is 0 Å². The molecule has 0 radical (unpaired) electrons. The van der Waals surface area contributed by atoms with Gasteiger partial charge < -0.3 is 31.2 Å². The summed E-state index contributed by atoms with van der Waals surface area (Å²) in [6.45, 7) is 5.20. The highest BCUT2D eigenvalue weighted by Crippen LogP contribution is 2.44. The largest absolute Gasteiger partial charge is 0.382 e. The van der Waals surface area contributed by atoms with Crippen LogP contribution in [0, 0.1) is 11.2 Å². The fourth-order valence-corrected chi connectivity index (χ4v) is 9.30. The van der Waals surface area contributed by atoms with Crippen LogP contribution in [-0.2, 0) is 29.1 Å². The summed E-state index contributed by atoms with van der Waals surface area (Å²) in [5.74, 6) is -1.52. The number of hydrogen-bond acceptors (Lipinski definition) is 6. The average Bonchev–Trinajstić information content (AvgIpc) is 3.43. The van der Waals surface area contributed by atoms with Gasteiger partial charge in [-0.3, -0.25) is 4.79 Å². The standard InChI is InChI=1S/C30H43FN6O4S/c1-30(2)16-25-27(42(40,41)17-30)21-6-5-7-24(21)37(25)20-14-22(31)26(28(32)38)23(15-20)34-18-8-10-19(11-9-18)35-29(39)33-12-13-36(3)4/h14-15,18-19,34H,5-13,16-17H2,1-4H3,(H2,32,38)(H2,33,35,39)/t18-,19-. The van der Waals surface area contributed by atoms with Gasteiger partial charge in [-0.15, -0.1) is 0 Å². The van der Waals surface area contributed by atoms with Gasteiger partial charge in [0.1, 0.15) is 5.82 Å². The zero-order chi connectivity index (χ0) is 30.4. The SMILES string of the molecule is CN(C)CCNC(=O)N[C@H]1CC[C@H](Nc2cc(-n3c4c(c5c3CC(C)(C)CS5(=O)=O)CCC4)cc(F)c2C(N)=O)CC1. The number of rotatable bonds is 8. The molecule has 3 aliphatic rings. The Kier molecular flexibility index (Phi) is 8.32. The molecule has 1 saturated carbocycles. The van der Waals surface area contributed by atoms with E-state index in [0.29, 0.717) is 60.6 Å². The Bertz CT molecular complexity index is 1490. The van der Waals surface area contributed by atoms with E-state index in [4.69, 9.17) is 5.73 Å². The number of amides is 3. The number of anilines is 1. The molecule has 42 heavy (non-hydrogen) atoms. The van der Waals surface area contributed by atoms with E-state index in [9.17, 15) is 18.0 Å². The molecular weight excluding hydrogens is 559 g/mol. The Morgan fingerprint density at radius 2 is 1.79 bits per heavy atom. The minimum atomic E-state index is -3.49. The number of nitrogens with two attached hydrogens (primary N) is 1. The number of primary amides is 1. The van der Waals surface area contributed by atoms with Crippen LogP contribution < -0.4 is 21.7 Å². The van der Waals surface area contributed by atoms with Crippen LogP contribution in [0.2, 0.25) is 0 Å². The van der Waals surface area contributed by atoms with E-state index in [2.05, 4.69) is 16.0 Å². The molecule has 0 spiro atoms. The number of carbonyl (C=O) groups is 2. The van der Waals surface area contributed by atoms with Gasteiger partial charge in [-0.25, -0.2) is 17.6 Å². The summed E-state index contributed by atoms with van der Waals surface area (Å²) in [4.78, 5) is 27.0. The monoisotopic (exact) mass is 602 g/mol. The molecule has 1 aromatic heterocycles. The zero-order valence-electron chi connectivity index (χ0n) is 25.0. The third kappa shape index (κ3) is 6.15. The first kappa shape index (κ1) is 30.3. The van der Waals surface area contributed by atoms with Crippen LogP contribution in [0.15, 0.2) is 17.0 Å². The second-order valence-corrected chi connectivity index (χ2v) is 15.0. The first-order valence-electron chi connectivity index (χ1n) is 14.8. The number of carbonyl (C=O) groups excluding carboxylic acids is 2. The lowest BCUT2D eigenvalue weighted by atomic mass is 9.89. The van der Waals surface area contributed by atoms with Crippen molar-refractivity contribution in [3.8, 4) is 5.69 Å². The average molecular weight is 603 g/mol. The number of aromatic nitrogens is 1. The molecule has 5 rings (SSSR count). The molecule has 12 heteroatoms. The maximum absolute atomic E-state index is 15.6. The lowest BCUT2D eigenvalue weighted by Gasteiger charge is -2.32. The number of likely N-dealkylation sites (N-methyl/N-ethyl adjacent to an activating group) is 1. The summed E-state index contributed by atoms with van der Waals surface area (Å²) < 4.78 is 44.4. The number of sulfone groups is 1. The molecule has 0 unspecified atom stereocenters. The Morgan fingerprint density at radius 3 is 2.45 bits per heavy atom. The maximum Gasteiger partial charge on any atom is 0.315 e. The molecule has 1 fully saturated rings. The van der Waals surface area contributed by atoms with Crippen molar-refractivity contribution >= 4 is 27.5 Å². The van der Waals surface area contributed by atoms with Gasteiger partial charge in [-0.1, -0.05) is 13.8 Å². The Balaban J connectivity index is 1.40. The number of halogens is 1. The van der Waals surface area contributed by atoms with Crippen molar-refractivity contribution in [3.63, 3.8) is 0 Å².